The first kappa shape index (κ1) is 29.9. The van der Waals surface area contributed by atoms with Gasteiger partial charge in [0.25, 0.3) is 10.0 Å². The molecule has 0 radical (unpaired) electrons. The van der Waals surface area contributed by atoms with Crippen molar-refractivity contribution in [2.45, 2.75) is 50.7 Å². The molecule has 0 saturated carbocycles. The summed E-state index contributed by atoms with van der Waals surface area (Å²) in [6, 6.07) is 20.9. The summed E-state index contributed by atoms with van der Waals surface area (Å²) in [5.41, 5.74) is 1.11. The van der Waals surface area contributed by atoms with Gasteiger partial charge in [0.05, 0.1) is 10.6 Å². The third kappa shape index (κ3) is 7.70. The van der Waals surface area contributed by atoms with Gasteiger partial charge >= 0.3 is 0 Å². The second-order valence-corrected chi connectivity index (χ2v) is 12.5. The van der Waals surface area contributed by atoms with Crippen LogP contribution in [-0.2, 0) is 26.2 Å². The molecule has 0 fully saturated rings. The molecule has 0 saturated heterocycles. The Balaban J connectivity index is 2.00. The summed E-state index contributed by atoms with van der Waals surface area (Å²) in [6.45, 7) is 5.12. The Bertz CT molecular complexity index is 1340. The molecule has 38 heavy (non-hydrogen) atoms. The van der Waals surface area contributed by atoms with Crippen molar-refractivity contribution in [3.63, 3.8) is 0 Å². The molecule has 0 heterocycles. The lowest BCUT2D eigenvalue weighted by atomic mass is 10.1. The van der Waals surface area contributed by atoms with Crippen LogP contribution in [0.1, 0.15) is 32.8 Å². The van der Waals surface area contributed by atoms with Crippen molar-refractivity contribution in [2.75, 3.05) is 10.8 Å². The van der Waals surface area contributed by atoms with Crippen LogP contribution < -0.4 is 9.62 Å². The van der Waals surface area contributed by atoms with Crippen LogP contribution in [0.4, 0.5) is 5.69 Å². The molecule has 0 spiro atoms. The zero-order valence-electron chi connectivity index (χ0n) is 21.5. The Kier molecular flexibility index (Phi) is 10.6. The van der Waals surface area contributed by atoms with Gasteiger partial charge in [-0.05, 0) is 97.0 Å². The van der Waals surface area contributed by atoms with E-state index in [2.05, 4.69) is 27.9 Å². The number of benzene rings is 3. The first-order valence-corrected chi connectivity index (χ1v) is 15.1. The monoisotopic (exact) mass is 667 g/mol. The van der Waals surface area contributed by atoms with Gasteiger partial charge in [-0.3, -0.25) is 13.9 Å². The molecule has 7 nitrogen and oxygen atoms in total. The predicted octanol–water partition coefficient (Wildman–Crippen LogP) is 5.47. The minimum absolute atomic E-state index is 0.0677. The van der Waals surface area contributed by atoms with Crippen molar-refractivity contribution in [1.29, 1.82) is 0 Å². The smallest absolute Gasteiger partial charge is 0.264 e. The summed E-state index contributed by atoms with van der Waals surface area (Å²) in [5.74, 6) is -0.821. The van der Waals surface area contributed by atoms with Gasteiger partial charge in [-0.15, -0.1) is 0 Å². The summed E-state index contributed by atoms with van der Waals surface area (Å²) in [5, 5.41) is 3.47. The van der Waals surface area contributed by atoms with Crippen LogP contribution in [0, 0.1) is 3.57 Å². The molecule has 1 N–H and O–H groups in total. The average Bonchev–Trinajstić information content (AvgIpc) is 2.91. The highest BCUT2D eigenvalue weighted by Crippen LogP contribution is 2.25. The lowest BCUT2D eigenvalue weighted by molar-refractivity contribution is -0.139. The normalized spacial score (nSPS) is 12.9. The van der Waals surface area contributed by atoms with E-state index in [0.717, 1.165) is 19.9 Å². The SMILES string of the molecule is CCC(C)NC(=O)C(C)N(Cc1ccc(Cl)cc1)C(=O)CN(c1ccc(I)cc1)S(=O)(=O)c1ccccc1. The Labute approximate surface area is 243 Å². The molecule has 2 atom stereocenters. The lowest BCUT2D eigenvalue weighted by Crippen LogP contribution is -2.52. The number of hydrogen-bond donors (Lipinski definition) is 1. The van der Waals surface area contributed by atoms with E-state index in [4.69, 9.17) is 11.6 Å². The number of halogens is 2. The molecular weight excluding hydrogens is 637 g/mol. The van der Waals surface area contributed by atoms with E-state index in [-0.39, 0.29) is 23.4 Å². The molecular formula is C28H31ClIN3O4S. The van der Waals surface area contributed by atoms with Crippen LogP contribution in [0.3, 0.4) is 0 Å². The van der Waals surface area contributed by atoms with Gasteiger partial charge in [0, 0.05) is 21.2 Å². The highest BCUT2D eigenvalue weighted by Gasteiger charge is 2.32. The zero-order valence-corrected chi connectivity index (χ0v) is 25.2. The van der Waals surface area contributed by atoms with E-state index < -0.39 is 28.5 Å². The number of carbonyl (C=O) groups excluding carboxylic acids is 2. The van der Waals surface area contributed by atoms with Crippen molar-refractivity contribution in [1.82, 2.24) is 10.2 Å². The summed E-state index contributed by atoms with van der Waals surface area (Å²) in [4.78, 5) is 28.4. The van der Waals surface area contributed by atoms with E-state index in [1.54, 1.807) is 73.7 Å². The largest absolute Gasteiger partial charge is 0.352 e. The van der Waals surface area contributed by atoms with Crippen molar-refractivity contribution in [3.05, 3.63) is 93.0 Å². The van der Waals surface area contributed by atoms with Crippen molar-refractivity contribution < 1.29 is 18.0 Å². The second kappa shape index (κ2) is 13.4. The zero-order chi connectivity index (χ0) is 27.9. The number of carbonyl (C=O) groups is 2. The van der Waals surface area contributed by atoms with Crippen LogP contribution in [0.2, 0.25) is 5.02 Å². The predicted molar refractivity (Wildman–Crippen MR) is 159 cm³/mol. The number of sulfonamides is 1. The molecule has 3 rings (SSSR count). The van der Waals surface area contributed by atoms with Gasteiger partial charge in [-0.2, -0.15) is 0 Å². The van der Waals surface area contributed by atoms with Crippen LogP contribution in [-0.4, -0.2) is 43.8 Å². The van der Waals surface area contributed by atoms with Gasteiger partial charge in [-0.25, -0.2) is 8.42 Å². The topological polar surface area (TPSA) is 86.8 Å². The van der Waals surface area contributed by atoms with E-state index in [1.165, 1.54) is 17.0 Å². The summed E-state index contributed by atoms with van der Waals surface area (Å²) < 4.78 is 29.5. The minimum atomic E-state index is -4.08. The third-order valence-corrected chi connectivity index (χ3v) is 8.92. The van der Waals surface area contributed by atoms with Gasteiger partial charge in [0.1, 0.15) is 12.6 Å². The summed E-state index contributed by atoms with van der Waals surface area (Å²) >= 11 is 8.17. The molecule has 0 aliphatic rings. The van der Waals surface area contributed by atoms with Gasteiger partial charge in [0.2, 0.25) is 11.8 Å². The highest BCUT2D eigenvalue weighted by molar-refractivity contribution is 14.1. The van der Waals surface area contributed by atoms with Crippen LogP contribution in [0.5, 0.6) is 0 Å². The minimum Gasteiger partial charge on any atom is -0.352 e. The van der Waals surface area contributed by atoms with Crippen LogP contribution in [0.15, 0.2) is 83.8 Å². The molecule has 10 heteroatoms. The molecule has 0 aromatic heterocycles. The molecule has 2 unspecified atom stereocenters. The van der Waals surface area contributed by atoms with Crippen molar-refractivity contribution in [3.8, 4) is 0 Å². The number of amides is 2. The van der Waals surface area contributed by atoms with Crippen molar-refractivity contribution >= 4 is 61.7 Å². The molecule has 2 amide bonds. The third-order valence-electron chi connectivity index (χ3n) is 6.16. The second-order valence-electron chi connectivity index (χ2n) is 8.94. The number of hydrogen-bond acceptors (Lipinski definition) is 4. The molecule has 0 bridgehead atoms. The standard InChI is InChI=1S/C28H31ClIN3O4S/c1-4-20(2)31-28(35)21(3)32(18-22-10-12-23(29)13-11-22)27(34)19-33(25-16-14-24(30)15-17-25)38(36,37)26-8-6-5-7-9-26/h5-17,20-21H,4,18-19H2,1-3H3,(H,31,35). The van der Waals surface area contributed by atoms with Gasteiger partial charge < -0.3 is 10.2 Å². The Morgan fingerprint density at radius 1 is 0.947 bits per heavy atom. The fourth-order valence-electron chi connectivity index (χ4n) is 3.69. The van der Waals surface area contributed by atoms with Crippen LogP contribution >= 0.6 is 34.2 Å². The van der Waals surface area contributed by atoms with Gasteiger partial charge in [0.15, 0.2) is 0 Å². The number of anilines is 1. The van der Waals surface area contributed by atoms with E-state index >= 15 is 0 Å². The molecule has 3 aromatic rings. The lowest BCUT2D eigenvalue weighted by Gasteiger charge is -2.32. The fraction of sp³-hybridized carbons (Fsp3) is 0.286. The number of nitrogens with zero attached hydrogens (tertiary/aromatic N) is 2. The maximum Gasteiger partial charge on any atom is 0.264 e. The molecule has 0 aliphatic carbocycles. The van der Waals surface area contributed by atoms with Crippen molar-refractivity contribution in [2.24, 2.45) is 0 Å². The first-order valence-electron chi connectivity index (χ1n) is 12.2. The maximum absolute atomic E-state index is 13.9. The number of nitrogens with one attached hydrogen (secondary N) is 1. The Morgan fingerprint density at radius 2 is 1.55 bits per heavy atom. The van der Waals surface area contributed by atoms with Gasteiger partial charge in [-0.1, -0.05) is 48.9 Å². The maximum atomic E-state index is 13.9. The number of rotatable bonds is 11. The first-order chi connectivity index (χ1) is 18.0. The Hall–Kier alpha value is -2.63. The highest BCUT2D eigenvalue weighted by atomic mass is 127. The average molecular weight is 668 g/mol. The van der Waals surface area contributed by atoms with E-state index in [0.29, 0.717) is 10.7 Å². The molecule has 3 aromatic carbocycles. The van der Waals surface area contributed by atoms with E-state index in [1.807, 2.05) is 13.8 Å². The molecule has 202 valence electrons. The summed E-state index contributed by atoms with van der Waals surface area (Å²) in [7, 11) is -4.08. The Morgan fingerprint density at radius 3 is 2.13 bits per heavy atom. The quantitative estimate of drug-likeness (QED) is 0.275. The van der Waals surface area contributed by atoms with Crippen LogP contribution in [0.25, 0.3) is 0 Å². The molecule has 0 aliphatic heterocycles. The van der Waals surface area contributed by atoms with E-state index in [9.17, 15) is 18.0 Å². The fourth-order valence-corrected chi connectivity index (χ4v) is 5.61. The summed E-state index contributed by atoms with van der Waals surface area (Å²) in [6.07, 6.45) is 0.736.